The van der Waals surface area contributed by atoms with Gasteiger partial charge in [-0.25, -0.2) is 0 Å². The van der Waals surface area contributed by atoms with Crippen molar-refractivity contribution < 1.29 is 14.3 Å². The van der Waals surface area contributed by atoms with Crippen molar-refractivity contribution in [3.05, 3.63) is 35.4 Å². The minimum atomic E-state index is -0.124. The molecule has 1 N–H and O–H groups in total. The van der Waals surface area contributed by atoms with Crippen LogP contribution in [0.15, 0.2) is 24.3 Å². The van der Waals surface area contributed by atoms with Gasteiger partial charge in [0.05, 0.1) is 6.61 Å². The highest BCUT2D eigenvalue weighted by Gasteiger charge is 2.14. The van der Waals surface area contributed by atoms with E-state index in [9.17, 15) is 9.59 Å². The Hall–Kier alpha value is -1.88. The first kappa shape index (κ1) is 19.2. The molecule has 0 spiro atoms. The van der Waals surface area contributed by atoms with Crippen LogP contribution in [0.5, 0.6) is 0 Å². The van der Waals surface area contributed by atoms with Gasteiger partial charge >= 0.3 is 0 Å². The van der Waals surface area contributed by atoms with Crippen molar-refractivity contribution in [2.45, 2.75) is 33.1 Å². The van der Waals surface area contributed by atoms with Crippen molar-refractivity contribution in [1.29, 1.82) is 0 Å². The summed E-state index contributed by atoms with van der Waals surface area (Å²) in [4.78, 5) is 25.3. The van der Waals surface area contributed by atoms with Gasteiger partial charge in [0.15, 0.2) is 0 Å². The third-order valence-electron chi connectivity index (χ3n) is 3.69. The van der Waals surface area contributed by atoms with Crippen LogP contribution >= 0.6 is 0 Å². The second-order valence-corrected chi connectivity index (χ2v) is 6.58. The average Bonchev–Trinajstić information content (AvgIpc) is 2.49. The number of rotatable bonds is 7. The molecule has 5 nitrogen and oxygen atoms in total. The lowest BCUT2D eigenvalue weighted by Gasteiger charge is -2.21. The number of nitrogens with one attached hydrogen (secondary N) is 1. The molecule has 128 valence electrons. The van der Waals surface area contributed by atoms with Crippen molar-refractivity contribution in [1.82, 2.24) is 10.2 Å². The van der Waals surface area contributed by atoms with Crippen molar-refractivity contribution in [2.24, 2.45) is 0 Å². The molecule has 1 aromatic rings. The van der Waals surface area contributed by atoms with Crippen LogP contribution in [-0.2, 0) is 14.9 Å². The number of methoxy groups -OCH3 is 1. The Labute approximate surface area is 139 Å². The Morgan fingerprint density at radius 1 is 1.13 bits per heavy atom. The van der Waals surface area contributed by atoms with Gasteiger partial charge in [-0.3, -0.25) is 9.59 Å². The number of hydrogen-bond donors (Lipinski definition) is 1. The molecule has 0 aliphatic rings. The SMILES string of the molecule is COCCN(CCNC(=O)c1ccc(C(C)(C)C)cc1)C(C)=O. The molecule has 1 rings (SSSR count). The lowest BCUT2D eigenvalue weighted by Crippen LogP contribution is -2.39. The van der Waals surface area contributed by atoms with E-state index in [2.05, 4.69) is 26.1 Å². The number of hydrogen-bond acceptors (Lipinski definition) is 3. The summed E-state index contributed by atoms with van der Waals surface area (Å²) in [6, 6.07) is 7.64. The molecule has 0 saturated heterocycles. The van der Waals surface area contributed by atoms with Gasteiger partial charge in [-0.15, -0.1) is 0 Å². The third-order valence-corrected chi connectivity index (χ3v) is 3.69. The highest BCUT2D eigenvalue weighted by molar-refractivity contribution is 5.94. The smallest absolute Gasteiger partial charge is 0.251 e. The predicted octanol–water partition coefficient (Wildman–Crippen LogP) is 2.21. The summed E-state index contributed by atoms with van der Waals surface area (Å²) >= 11 is 0. The molecule has 5 heteroatoms. The van der Waals surface area contributed by atoms with Crippen LogP contribution in [0.1, 0.15) is 43.6 Å². The van der Waals surface area contributed by atoms with Gasteiger partial charge in [-0.2, -0.15) is 0 Å². The maximum Gasteiger partial charge on any atom is 0.251 e. The normalized spacial score (nSPS) is 11.2. The Bertz CT molecular complexity index is 518. The van der Waals surface area contributed by atoms with E-state index in [1.54, 1.807) is 12.0 Å². The van der Waals surface area contributed by atoms with Crippen LogP contribution in [0.2, 0.25) is 0 Å². The second kappa shape index (κ2) is 8.67. The summed E-state index contributed by atoms with van der Waals surface area (Å²) in [5, 5.41) is 2.85. The standard InChI is InChI=1S/C18H28N2O3/c1-14(21)20(12-13-23-5)11-10-19-17(22)15-6-8-16(9-7-15)18(2,3)4/h6-9H,10-13H2,1-5H3,(H,19,22). The minimum Gasteiger partial charge on any atom is -0.383 e. The fraction of sp³-hybridized carbons (Fsp3) is 0.556. The maximum absolute atomic E-state index is 12.1. The molecule has 0 aliphatic heterocycles. The summed E-state index contributed by atoms with van der Waals surface area (Å²) < 4.78 is 4.98. The number of carbonyl (C=O) groups is 2. The Morgan fingerprint density at radius 3 is 2.22 bits per heavy atom. The van der Waals surface area contributed by atoms with Gasteiger partial charge in [0.1, 0.15) is 0 Å². The first-order chi connectivity index (χ1) is 10.8. The van der Waals surface area contributed by atoms with Crippen LogP contribution in [0.25, 0.3) is 0 Å². The fourth-order valence-corrected chi connectivity index (χ4v) is 2.16. The largest absolute Gasteiger partial charge is 0.383 e. The topological polar surface area (TPSA) is 58.6 Å². The molecular formula is C18H28N2O3. The van der Waals surface area contributed by atoms with Crippen LogP contribution in [0.4, 0.5) is 0 Å². The van der Waals surface area contributed by atoms with Crippen LogP contribution in [0, 0.1) is 0 Å². The predicted molar refractivity (Wildman–Crippen MR) is 91.6 cm³/mol. The van der Waals surface area contributed by atoms with Gasteiger partial charge in [-0.05, 0) is 23.1 Å². The lowest BCUT2D eigenvalue weighted by atomic mass is 9.87. The molecule has 1 aromatic carbocycles. The first-order valence-corrected chi connectivity index (χ1v) is 7.89. The van der Waals surface area contributed by atoms with E-state index in [0.717, 1.165) is 0 Å². The minimum absolute atomic E-state index is 0.0224. The van der Waals surface area contributed by atoms with E-state index < -0.39 is 0 Å². The molecule has 0 fully saturated rings. The van der Waals surface area contributed by atoms with Crippen molar-refractivity contribution in [2.75, 3.05) is 33.4 Å². The molecule has 0 bridgehead atoms. The van der Waals surface area contributed by atoms with E-state index in [0.29, 0.717) is 31.8 Å². The van der Waals surface area contributed by atoms with E-state index in [1.807, 2.05) is 24.3 Å². The summed E-state index contributed by atoms with van der Waals surface area (Å²) in [7, 11) is 1.60. The Morgan fingerprint density at radius 2 is 1.74 bits per heavy atom. The van der Waals surface area contributed by atoms with E-state index in [1.165, 1.54) is 12.5 Å². The molecule has 0 aromatic heterocycles. The summed E-state index contributed by atoms with van der Waals surface area (Å²) in [6.45, 7) is 9.84. The van der Waals surface area contributed by atoms with Gasteiger partial charge < -0.3 is 15.0 Å². The first-order valence-electron chi connectivity index (χ1n) is 7.89. The zero-order valence-corrected chi connectivity index (χ0v) is 14.8. The van der Waals surface area contributed by atoms with Gasteiger partial charge in [-0.1, -0.05) is 32.9 Å². The second-order valence-electron chi connectivity index (χ2n) is 6.58. The molecule has 0 atom stereocenters. The molecule has 0 radical (unpaired) electrons. The van der Waals surface area contributed by atoms with Gasteiger partial charge in [0, 0.05) is 39.2 Å². The number of amides is 2. The van der Waals surface area contributed by atoms with E-state index in [4.69, 9.17) is 4.74 Å². The Balaban J connectivity index is 2.51. The number of carbonyl (C=O) groups excluding carboxylic acids is 2. The zero-order valence-electron chi connectivity index (χ0n) is 14.8. The van der Waals surface area contributed by atoms with E-state index >= 15 is 0 Å². The highest BCUT2D eigenvalue weighted by atomic mass is 16.5. The number of nitrogens with zero attached hydrogens (tertiary/aromatic N) is 1. The van der Waals surface area contributed by atoms with Gasteiger partial charge in [0.2, 0.25) is 5.91 Å². The van der Waals surface area contributed by atoms with Gasteiger partial charge in [0.25, 0.3) is 5.91 Å². The molecule has 2 amide bonds. The maximum atomic E-state index is 12.1. The van der Waals surface area contributed by atoms with Crippen LogP contribution in [-0.4, -0.2) is 50.1 Å². The van der Waals surface area contributed by atoms with Crippen LogP contribution in [0.3, 0.4) is 0 Å². The molecule has 0 heterocycles. The van der Waals surface area contributed by atoms with Crippen LogP contribution < -0.4 is 5.32 Å². The van der Waals surface area contributed by atoms with Crippen molar-refractivity contribution in [3.8, 4) is 0 Å². The molecule has 0 aliphatic carbocycles. The third kappa shape index (κ3) is 6.40. The van der Waals surface area contributed by atoms with E-state index in [-0.39, 0.29) is 17.2 Å². The molecule has 0 saturated carbocycles. The van der Waals surface area contributed by atoms with Crippen molar-refractivity contribution >= 4 is 11.8 Å². The number of benzene rings is 1. The lowest BCUT2D eigenvalue weighted by molar-refractivity contribution is -0.129. The number of ether oxygens (including phenoxy) is 1. The molecule has 0 unspecified atom stereocenters. The monoisotopic (exact) mass is 320 g/mol. The summed E-state index contributed by atoms with van der Waals surface area (Å²) in [6.07, 6.45) is 0. The summed E-state index contributed by atoms with van der Waals surface area (Å²) in [5.74, 6) is -0.147. The van der Waals surface area contributed by atoms with Crippen molar-refractivity contribution in [3.63, 3.8) is 0 Å². The molecular weight excluding hydrogens is 292 g/mol. The highest BCUT2D eigenvalue weighted by Crippen LogP contribution is 2.22. The summed E-state index contributed by atoms with van der Waals surface area (Å²) in [5.41, 5.74) is 1.89. The molecule has 23 heavy (non-hydrogen) atoms. The quantitative estimate of drug-likeness (QED) is 0.838. The fourth-order valence-electron chi connectivity index (χ4n) is 2.16. The average molecular weight is 320 g/mol. The zero-order chi connectivity index (χ0) is 17.5. The Kier molecular flexibility index (Phi) is 7.23.